The number of hydrogen-bond donors (Lipinski definition) is 2. The molecule has 0 aliphatic rings. The lowest BCUT2D eigenvalue weighted by Crippen LogP contribution is -2.11. The van der Waals surface area contributed by atoms with Crippen molar-refractivity contribution in [1.29, 1.82) is 0 Å². The van der Waals surface area contributed by atoms with Crippen molar-refractivity contribution in [3.63, 3.8) is 0 Å². The molecule has 0 unspecified atom stereocenters. The molecule has 0 aliphatic heterocycles. The molecular weight excluding hydrogens is 200 g/mol. The van der Waals surface area contributed by atoms with Crippen molar-refractivity contribution in [3.05, 3.63) is 36.4 Å². The van der Waals surface area contributed by atoms with Crippen LogP contribution >= 0.6 is 0 Å². The minimum Gasteiger partial charge on any atom is -0.397 e. The largest absolute Gasteiger partial charge is 0.397 e. The number of aryl methyl sites for hydroxylation is 1. The van der Waals surface area contributed by atoms with Crippen LogP contribution in [0.3, 0.4) is 0 Å². The Hall–Kier alpha value is -1.48. The van der Waals surface area contributed by atoms with E-state index in [0.717, 1.165) is 30.9 Å². The van der Waals surface area contributed by atoms with Crippen molar-refractivity contribution in [2.24, 2.45) is 0 Å². The Morgan fingerprint density at radius 2 is 2.25 bits per heavy atom. The van der Waals surface area contributed by atoms with Crippen molar-refractivity contribution >= 4 is 11.4 Å². The van der Waals surface area contributed by atoms with Crippen LogP contribution in [0.4, 0.5) is 11.4 Å². The normalized spacial score (nSPS) is 10.1. The molecular formula is C13H20N2O. The van der Waals surface area contributed by atoms with Crippen molar-refractivity contribution in [2.75, 3.05) is 30.8 Å². The molecule has 0 saturated carbocycles. The summed E-state index contributed by atoms with van der Waals surface area (Å²) in [4.78, 5) is 0. The topological polar surface area (TPSA) is 47.3 Å². The van der Waals surface area contributed by atoms with Gasteiger partial charge in [0.15, 0.2) is 0 Å². The third-order valence-electron chi connectivity index (χ3n) is 2.24. The molecule has 0 bridgehead atoms. The van der Waals surface area contributed by atoms with Gasteiger partial charge in [0.25, 0.3) is 0 Å². The molecule has 3 heteroatoms. The first-order chi connectivity index (χ1) is 7.74. The van der Waals surface area contributed by atoms with Crippen LogP contribution in [0.15, 0.2) is 30.9 Å². The Bertz CT molecular complexity index is 337. The second-order valence-electron chi connectivity index (χ2n) is 3.71. The lowest BCUT2D eigenvalue weighted by atomic mass is 10.2. The molecule has 1 aromatic rings. The van der Waals surface area contributed by atoms with Gasteiger partial charge >= 0.3 is 0 Å². The maximum atomic E-state index is 5.87. The zero-order valence-electron chi connectivity index (χ0n) is 9.83. The van der Waals surface area contributed by atoms with Crippen molar-refractivity contribution in [3.8, 4) is 0 Å². The van der Waals surface area contributed by atoms with Gasteiger partial charge in [0.05, 0.1) is 24.6 Å². The molecule has 0 radical (unpaired) electrons. The zero-order chi connectivity index (χ0) is 11.8. The zero-order valence-corrected chi connectivity index (χ0v) is 9.83. The van der Waals surface area contributed by atoms with Crippen LogP contribution in [0.5, 0.6) is 0 Å². The van der Waals surface area contributed by atoms with Crippen molar-refractivity contribution in [1.82, 2.24) is 0 Å². The number of rotatable bonds is 7. The summed E-state index contributed by atoms with van der Waals surface area (Å²) in [6, 6.07) is 5.99. The molecule has 0 aromatic heterocycles. The molecule has 0 saturated heterocycles. The van der Waals surface area contributed by atoms with Gasteiger partial charge in [-0.05, 0) is 31.0 Å². The third kappa shape index (κ3) is 4.36. The van der Waals surface area contributed by atoms with Gasteiger partial charge < -0.3 is 15.8 Å². The predicted octanol–water partition coefficient (Wildman–Crippen LogP) is 2.58. The Labute approximate surface area is 97.3 Å². The van der Waals surface area contributed by atoms with Crippen LogP contribution in [-0.2, 0) is 4.74 Å². The molecule has 3 N–H and O–H groups in total. The molecule has 0 atom stereocenters. The third-order valence-corrected chi connectivity index (χ3v) is 2.24. The van der Waals surface area contributed by atoms with E-state index in [1.807, 2.05) is 31.2 Å². The first-order valence-corrected chi connectivity index (χ1v) is 5.52. The number of nitrogens with one attached hydrogen (secondary N) is 1. The van der Waals surface area contributed by atoms with Crippen LogP contribution in [0.25, 0.3) is 0 Å². The average molecular weight is 220 g/mol. The molecule has 0 spiro atoms. The second-order valence-corrected chi connectivity index (χ2v) is 3.71. The number of ether oxygens (including phenoxy) is 1. The van der Waals surface area contributed by atoms with Crippen LogP contribution in [0.2, 0.25) is 0 Å². The summed E-state index contributed by atoms with van der Waals surface area (Å²) < 4.78 is 5.38. The number of nitrogen functional groups attached to an aromatic ring is 1. The summed E-state index contributed by atoms with van der Waals surface area (Å²) in [5.74, 6) is 0. The number of benzene rings is 1. The van der Waals surface area contributed by atoms with Crippen LogP contribution in [0, 0.1) is 6.92 Å². The number of hydrogen-bond acceptors (Lipinski definition) is 3. The molecule has 1 rings (SSSR count). The first-order valence-electron chi connectivity index (χ1n) is 5.52. The standard InChI is InChI=1S/C13H20N2O/c1-3-4-8-16-9-7-15-13-6-5-11(2)10-12(13)14/h3,5-6,10,15H,1,4,7-9,14H2,2H3. The minimum atomic E-state index is 0.682. The Balaban J connectivity index is 2.24. The molecule has 0 heterocycles. The van der Waals surface area contributed by atoms with Gasteiger partial charge in [0, 0.05) is 6.54 Å². The molecule has 0 fully saturated rings. The summed E-state index contributed by atoms with van der Waals surface area (Å²) in [6.45, 7) is 7.84. The van der Waals surface area contributed by atoms with Gasteiger partial charge in [0.2, 0.25) is 0 Å². The highest BCUT2D eigenvalue weighted by atomic mass is 16.5. The Kier molecular flexibility index (Phi) is 5.43. The van der Waals surface area contributed by atoms with Crippen molar-refractivity contribution < 1.29 is 4.74 Å². The molecule has 3 nitrogen and oxygen atoms in total. The highest BCUT2D eigenvalue weighted by Crippen LogP contribution is 2.18. The molecule has 16 heavy (non-hydrogen) atoms. The van der Waals surface area contributed by atoms with E-state index in [4.69, 9.17) is 10.5 Å². The smallest absolute Gasteiger partial charge is 0.0639 e. The summed E-state index contributed by atoms with van der Waals surface area (Å²) in [5.41, 5.74) is 8.79. The molecule has 0 amide bonds. The monoisotopic (exact) mass is 220 g/mol. The fourth-order valence-electron chi connectivity index (χ4n) is 1.37. The Morgan fingerprint density at radius 3 is 2.94 bits per heavy atom. The summed E-state index contributed by atoms with van der Waals surface area (Å²) in [7, 11) is 0. The first kappa shape index (κ1) is 12.6. The lowest BCUT2D eigenvalue weighted by Gasteiger charge is -2.10. The average Bonchev–Trinajstić information content (AvgIpc) is 2.26. The summed E-state index contributed by atoms with van der Waals surface area (Å²) in [6.07, 6.45) is 2.75. The highest BCUT2D eigenvalue weighted by Gasteiger charge is 1.97. The van der Waals surface area contributed by atoms with E-state index in [0.29, 0.717) is 6.61 Å². The van der Waals surface area contributed by atoms with E-state index in [2.05, 4.69) is 11.9 Å². The number of nitrogens with two attached hydrogens (primary N) is 1. The van der Waals surface area contributed by atoms with Gasteiger partial charge in [-0.25, -0.2) is 0 Å². The van der Waals surface area contributed by atoms with Gasteiger partial charge in [-0.3, -0.25) is 0 Å². The fourth-order valence-corrected chi connectivity index (χ4v) is 1.37. The maximum absolute atomic E-state index is 5.87. The van der Waals surface area contributed by atoms with E-state index in [9.17, 15) is 0 Å². The van der Waals surface area contributed by atoms with E-state index in [-0.39, 0.29) is 0 Å². The summed E-state index contributed by atoms with van der Waals surface area (Å²) in [5, 5.41) is 3.24. The van der Waals surface area contributed by atoms with Gasteiger partial charge in [-0.1, -0.05) is 12.1 Å². The van der Waals surface area contributed by atoms with Crippen LogP contribution in [-0.4, -0.2) is 19.8 Å². The van der Waals surface area contributed by atoms with E-state index in [1.54, 1.807) is 0 Å². The van der Waals surface area contributed by atoms with Gasteiger partial charge in [-0.2, -0.15) is 0 Å². The van der Waals surface area contributed by atoms with E-state index >= 15 is 0 Å². The molecule has 88 valence electrons. The summed E-state index contributed by atoms with van der Waals surface area (Å²) >= 11 is 0. The quantitative estimate of drug-likeness (QED) is 0.422. The van der Waals surface area contributed by atoms with Crippen LogP contribution < -0.4 is 11.1 Å². The minimum absolute atomic E-state index is 0.682. The molecule has 0 aliphatic carbocycles. The fraction of sp³-hybridized carbons (Fsp3) is 0.385. The lowest BCUT2D eigenvalue weighted by molar-refractivity contribution is 0.149. The van der Waals surface area contributed by atoms with Crippen LogP contribution in [0.1, 0.15) is 12.0 Å². The maximum Gasteiger partial charge on any atom is 0.0639 e. The van der Waals surface area contributed by atoms with Crippen molar-refractivity contribution in [2.45, 2.75) is 13.3 Å². The van der Waals surface area contributed by atoms with Gasteiger partial charge in [-0.15, -0.1) is 6.58 Å². The van der Waals surface area contributed by atoms with E-state index < -0.39 is 0 Å². The van der Waals surface area contributed by atoms with E-state index in [1.165, 1.54) is 5.56 Å². The Morgan fingerprint density at radius 1 is 1.44 bits per heavy atom. The van der Waals surface area contributed by atoms with Gasteiger partial charge in [0.1, 0.15) is 0 Å². The SMILES string of the molecule is C=CCCOCCNc1ccc(C)cc1N. The number of anilines is 2. The second kappa shape index (κ2) is 6.90. The predicted molar refractivity (Wildman–Crippen MR) is 69.7 cm³/mol. The molecule has 1 aromatic carbocycles. The highest BCUT2D eigenvalue weighted by molar-refractivity contribution is 5.66.